The predicted molar refractivity (Wildman–Crippen MR) is 123 cm³/mol. The lowest BCUT2D eigenvalue weighted by Crippen LogP contribution is -2.32. The fourth-order valence-corrected chi connectivity index (χ4v) is 4.93. The number of nitrogens with zero attached hydrogens (tertiary/aromatic N) is 2. The van der Waals surface area contributed by atoms with E-state index in [1.807, 2.05) is 24.3 Å². The van der Waals surface area contributed by atoms with Gasteiger partial charge in [-0.15, -0.1) is 0 Å². The molecule has 0 spiro atoms. The molecule has 0 saturated heterocycles. The highest BCUT2D eigenvalue weighted by Gasteiger charge is 2.34. The molecule has 5 N–H and O–H groups in total. The van der Waals surface area contributed by atoms with Gasteiger partial charge in [0.05, 0.1) is 11.5 Å². The van der Waals surface area contributed by atoms with Crippen molar-refractivity contribution in [3.05, 3.63) is 54.9 Å². The van der Waals surface area contributed by atoms with E-state index < -0.39 is 16.4 Å². The van der Waals surface area contributed by atoms with Crippen molar-refractivity contribution in [2.75, 3.05) is 11.9 Å². The van der Waals surface area contributed by atoms with Crippen molar-refractivity contribution in [2.24, 2.45) is 5.92 Å². The number of hydrogen-bond donors (Lipinski definition) is 5. The van der Waals surface area contributed by atoms with Crippen LogP contribution in [0.4, 0.5) is 5.82 Å². The van der Waals surface area contributed by atoms with Gasteiger partial charge in [-0.1, -0.05) is 42.5 Å². The summed E-state index contributed by atoms with van der Waals surface area (Å²) in [6.45, 7) is -0.0211. The van der Waals surface area contributed by atoms with Crippen molar-refractivity contribution < 1.29 is 18.1 Å². The van der Waals surface area contributed by atoms with E-state index in [1.165, 1.54) is 6.33 Å². The van der Waals surface area contributed by atoms with E-state index in [0.717, 1.165) is 27.4 Å². The lowest BCUT2D eigenvalue weighted by atomic mass is 10.0. The standard InChI is InChI=1S/C22H23N5O4S/c28-20-9-15(8-14(20)11-25-32(29,30)31)26-21-18-10-19(27-22(18)24-12-23-21)17-7-3-5-13-4-1-2-6-16(13)17/h1-7,10,12,14-15,20,25,28H,8-9,11H2,(H,29,30,31)(H2,23,24,26,27)/t14-,15+,20-/m0/s1. The maximum Gasteiger partial charge on any atom is 0.333 e. The maximum absolute atomic E-state index is 10.9. The Morgan fingerprint density at radius 1 is 1.06 bits per heavy atom. The van der Waals surface area contributed by atoms with Gasteiger partial charge < -0.3 is 15.4 Å². The molecular weight excluding hydrogens is 430 g/mol. The van der Waals surface area contributed by atoms with E-state index in [9.17, 15) is 13.5 Å². The molecular formula is C22H23N5O4S. The summed E-state index contributed by atoms with van der Waals surface area (Å²) in [4.78, 5) is 12.1. The van der Waals surface area contributed by atoms with Gasteiger partial charge in [-0.05, 0) is 29.7 Å². The fraction of sp³-hybridized carbons (Fsp3) is 0.273. The molecule has 9 nitrogen and oxygen atoms in total. The van der Waals surface area contributed by atoms with Crippen LogP contribution in [0.15, 0.2) is 54.9 Å². The summed E-state index contributed by atoms with van der Waals surface area (Å²) in [5.41, 5.74) is 2.70. The number of fused-ring (bicyclic) bond motifs is 2. The van der Waals surface area contributed by atoms with Gasteiger partial charge in [0, 0.05) is 29.8 Å². The Labute approximate surface area is 184 Å². The number of H-pyrrole nitrogens is 1. The number of anilines is 1. The summed E-state index contributed by atoms with van der Waals surface area (Å²) in [7, 11) is -4.29. The van der Waals surface area contributed by atoms with Gasteiger partial charge in [0.25, 0.3) is 0 Å². The van der Waals surface area contributed by atoms with Gasteiger partial charge in [0.15, 0.2) is 0 Å². The number of aromatic nitrogens is 3. The van der Waals surface area contributed by atoms with Crippen molar-refractivity contribution in [3.8, 4) is 11.3 Å². The lowest BCUT2D eigenvalue weighted by Gasteiger charge is -2.14. The zero-order chi connectivity index (χ0) is 22.3. The van der Waals surface area contributed by atoms with Gasteiger partial charge >= 0.3 is 10.3 Å². The van der Waals surface area contributed by atoms with Crippen molar-refractivity contribution in [2.45, 2.75) is 25.0 Å². The Morgan fingerprint density at radius 3 is 2.72 bits per heavy atom. The van der Waals surface area contributed by atoms with Crippen LogP contribution in [0.2, 0.25) is 0 Å². The second kappa shape index (κ2) is 8.14. The van der Waals surface area contributed by atoms with Gasteiger partial charge in [0.1, 0.15) is 17.8 Å². The minimum atomic E-state index is -4.29. The number of aromatic amines is 1. The molecule has 5 rings (SSSR count). The minimum absolute atomic E-state index is 0.0211. The quantitative estimate of drug-likeness (QED) is 0.283. The number of rotatable bonds is 6. The normalized spacial score (nSPS) is 21.4. The lowest BCUT2D eigenvalue weighted by molar-refractivity contribution is 0.134. The topological polar surface area (TPSA) is 140 Å². The molecule has 2 heterocycles. The zero-order valence-electron chi connectivity index (χ0n) is 17.1. The first kappa shape index (κ1) is 20.8. The molecule has 2 aromatic heterocycles. The molecule has 4 aromatic rings. The average Bonchev–Trinajstić information content (AvgIpc) is 3.35. The van der Waals surface area contributed by atoms with Crippen molar-refractivity contribution in [1.29, 1.82) is 0 Å². The number of benzene rings is 2. The average molecular weight is 454 g/mol. The summed E-state index contributed by atoms with van der Waals surface area (Å²) in [5.74, 6) is 0.350. The monoisotopic (exact) mass is 453 g/mol. The third-order valence-corrected chi connectivity index (χ3v) is 6.56. The number of nitrogens with one attached hydrogen (secondary N) is 3. The molecule has 10 heteroatoms. The summed E-state index contributed by atoms with van der Waals surface area (Å²) < 4.78 is 32.8. The van der Waals surface area contributed by atoms with Crippen LogP contribution >= 0.6 is 0 Å². The molecule has 3 atom stereocenters. The third kappa shape index (κ3) is 4.17. The number of aliphatic hydroxyl groups excluding tert-OH is 1. The van der Waals surface area contributed by atoms with E-state index in [1.54, 1.807) is 0 Å². The third-order valence-electron chi connectivity index (χ3n) is 6.03. The molecule has 2 aromatic carbocycles. The molecule has 0 radical (unpaired) electrons. The molecule has 0 aliphatic heterocycles. The van der Waals surface area contributed by atoms with Crippen LogP contribution in [0, 0.1) is 5.92 Å². The van der Waals surface area contributed by atoms with Crippen LogP contribution < -0.4 is 10.0 Å². The molecule has 1 aliphatic rings. The minimum Gasteiger partial charge on any atom is -0.393 e. The molecule has 1 aliphatic carbocycles. The van der Waals surface area contributed by atoms with Gasteiger partial charge in [-0.3, -0.25) is 4.55 Å². The van der Waals surface area contributed by atoms with Crippen LogP contribution in [-0.2, 0) is 10.3 Å². The van der Waals surface area contributed by atoms with Gasteiger partial charge in [-0.25, -0.2) is 9.97 Å². The predicted octanol–water partition coefficient (Wildman–Crippen LogP) is 2.72. The van der Waals surface area contributed by atoms with Crippen LogP contribution in [0.1, 0.15) is 12.8 Å². The first-order valence-electron chi connectivity index (χ1n) is 10.4. The van der Waals surface area contributed by atoms with Gasteiger partial charge in [0.2, 0.25) is 0 Å². The Hall–Kier alpha value is -3.05. The Morgan fingerprint density at radius 2 is 1.88 bits per heavy atom. The van der Waals surface area contributed by atoms with E-state index in [4.69, 9.17) is 4.55 Å². The van der Waals surface area contributed by atoms with Crippen LogP contribution in [0.3, 0.4) is 0 Å². The molecule has 1 fully saturated rings. The SMILES string of the molecule is O=S(=O)(O)NC[C@@H]1C[C@@H](Nc2ncnc3[nH]c(-c4cccc5ccccc45)cc23)C[C@@H]1O. The molecule has 0 bridgehead atoms. The van der Waals surface area contributed by atoms with Crippen LogP contribution in [-0.4, -0.2) is 51.7 Å². The van der Waals surface area contributed by atoms with E-state index >= 15 is 0 Å². The molecule has 1 saturated carbocycles. The maximum atomic E-state index is 10.9. The highest BCUT2D eigenvalue weighted by Crippen LogP contribution is 2.33. The molecule has 0 amide bonds. The summed E-state index contributed by atoms with van der Waals surface area (Å²) in [5, 5.41) is 16.8. The Bertz CT molecular complexity index is 1380. The Kier molecular flexibility index (Phi) is 5.30. The highest BCUT2D eigenvalue weighted by atomic mass is 32.2. The fourth-order valence-electron chi connectivity index (χ4n) is 4.51. The largest absolute Gasteiger partial charge is 0.393 e. The summed E-state index contributed by atoms with van der Waals surface area (Å²) >= 11 is 0. The van der Waals surface area contributed by atoms with Gasteiger partial charge in [-0.2, -0.15) is 13.1 Å². The first-order chi connectivity index (χ1) is 15.4. The smallest absolute Gasteiger partial charge is 0.333 e. The van der Waals surface area contributed by atoms with Crippen molar-refractivity contribution in [1.82, 2.24) is 19.7 Å². The number of aliphatic hydroxyl groups is 1. The molecule has 0 unspecified atom stereocenters. The molecule has 32 heavy (non-hydrogen) atoms. The first-order valence-corrected chi connectivity index (χ1v) is 11.8. The summed E-state index contributed by atoms with van der Waals surface area (Å²) in [6, 6.07) is 16.3. The van der Waals surface area contributed by atoms with Crippen LogP contribution in [0.5, 0.6) is 0 Å². The number of hydrogen-bond acceptors (Lipinski definition) is 6. The Balaban J connectivity index is 1.41. The zero-order valence-corrected chi connectivity index (χ0v) is 17.9. The van der Waals surface area contributed by atoms with E-state index in [0.29, 0.717) is 24.3 Å². The summed E-state index contributed by atoms with van der Waals surface area (Å²) in [6.07, 6.45) is 1.79. The highest BCUT2D eigenvalue weighted by molar-refractivity contribution is 7.83. The second-order valence-corrected chi connectivity index (χ2v) is 9.40. The van der Waals surface area contributed by atoms with Crippen LogP contribution in [0.25, 0.3) is 33.1 Å². The van der Waals surface area contributed by atoms with Crippen molar-refractivity contribution >= 4 is 37.9 Å². The van der Waals surface area contributed by atoms with E-state index in [-0.39, 0.29) is 18.5 Å². The second-order valence-electron chi connectivity index (χ2n) is 8.16. The van der Waals surface area contributed by atoms with Crippen molar-refractivity contribution in [3.63, 3.8) is 0 Å². The molecule has 166 valence electrons. The van der Waals surface area contributed by atoms with E-state index in [2.05, 4.69) is 49.3 Å².